The molecule has 1 saturated heterocycles. The highest BCUT2D eigenvalue weighted by Crippen LogP contribution is 2.40. The van der Waals surface area contributed by atoms with Crippen LogP contribution in [0.1, 0.15) is 35.9 Å². The molecule has 0 aromatic heterocycles. The molecular weight excluding hydrogens is 258 g/mol. The number of hydrogen-bond donors (Lipinski definition) is 2. The molecule has 1 aliphatic carbocycles. The van der Waals surface area contributed by atoms with Crippen molar-refractivity contribution in [2.24, 2.45) is 5.92 Å². The van der Waals surface area contributed by atoms with Crippen molar-refractivity contribution < 1.29 is 19.4 Å². The zero-order valence-electron chi connectivity index (χ0n) is 11.0. The number of fused-ring (bicyclic) bond motifs is 1. The average molecular weight is 275 g/mol. The Bertz CT molecular complexity index is 536. The maximum absolute atomic E-state index is 12.1. The second-order valence-electron chi connectivity index (χ2n) is 5.38. The number of carboxylic acid groups (broad SMARTS) is 1. The molecule has 5 nitrogen and oxygen atoms in total. The number of carbonyl (C=O) groups excluding carboxylic acids is 1. The number of ether oxygens (including phenoxy) is 1. The summed E-state index contributed by atoms with van der Waals surface area (Å²) in [4.78, 5) is 23.5. The SMILES string of the molecule is O=C(NC1CC(C(=O)O)c2ccccc21)C1CCOC1. The molecule has 20 heavy (non-hydrogen) atoms. The van der Waals surface area contributed by atoms with Gasteiger partial charge >= 0.3 is 5.97 Å². The third-order valence-electron chi connectivity index (χ3n) is 4.13. The molecule has 2 aliphatic rings. The van der Waals surface area contributed by atoms with E-state index in [1.165, 1.54) is 0 Å². The highest BCUT2D eigenvalue weighted by molar-refractivity contribution is 5.81. The summed E-state index contributed by atoms with van der Waals surface area (Å²) >= 11 is 0. The minimum absolute atomic E-state index is 0.0339. The van der Waals surface area contributed by atoms with Crippen molar-refractivity contribution in [1.29, 1.82) is 0 Å². The van der Waals surface area contributed by atoms with Crippen LogP contribution in [0.4, 0.5) is 0 Å². The fourth-order valence-corrected chi connectivity index (χ4v) is 3.04. The molecule has 0 saturated carbocycles. The van der Waals surface area contributed by atoms with E-state index in [1.54, 1.807) is 0 Å². The van der Waals surface area contributed by atoms with Crippen LogP contribution in [0.2, 0.25) is 0 Å². The maximum Gasteiger partial charge on any atom is 0.311 e. The van der Waals surface area contributed by atoms with Gasteiger partial charge < -0.3 is 15.2 Å². The van der Waals surface area contributed by atoms with Gasteiger partial charge in [0.25, 0.3) is 0 Å². The smallest absolute Gasteiger partial charge is 0.311 e. The van der Waals surface area contributed by atoms with E-state index in [4.69, 9.17) is 4.74 Å². The van der Waals surface area contributed by atoms with Gasteiger partial charge in [0.15, 0.2) is 0 Å². The monoisotopic (exact) mass is 275 g/mol. The molecule has 106 valence electrons. The first kappa shape index (κ1) is 13.1. The number of amides is 1. The molecule has 0 radical (unpaired) electrons. The van der Waals surface area contributed by atoms with Crippen molar-refractivity contribution in [3.63, 3.8) is 0 Å². The Hall–Kier alpha value is -1.88. The van der Waals surface area contributed by atoms with Crippen LogP contribution in [0.5, 0.6) is 0 Å². The Kier molecular flexibility index (Phi) is 3.44. The van der Waals surface area contributed by atoms with Crippen LogP contribution in [0, 0.1) is 5.92 Å². The molecule has 3 atom stereocenters. The molecule has 1 heterocycles. The first-order valence-electron chi connectivity index (χ1n) is 6.86. The van der Waals surface area contributed by atoms with Crippen LogP contribution in [0.15, 0.2) is 24.3 Å². The summed E-state index contributed by atoms with van der Waals surface area (Å²) in [6.07, 6.45) is 1.16. The van der Waals surface area contributed by atoms with Gasteiger partial charge in [-0.05, 0) is 24.0 Å². The summed E-state index contributed by atoms with van der Waals surface area (Å²) in [5, 5.41) is 12.3. The van der Waals surface area contributed by atoms with Crippen LogP contribution in [0.3, 0.4) is 0 Å². The van der Waals surface area contributed by atoms with E-state index < -0.39 is 11.9 Å². The van der Waals surface area contributed by atoms with Crippen molar-refractivity contribution in [1.82, 2.24) is 5.32 Å². The maximum atomic E-state index is 12.1. The summed E-state index contributed by atoms with van der Waals surface area (Å²) in [5.74, 6) is -1.51. The van der Waals surface area contributed by atoms with E-state index in [0.717, 1.165) is 17.5 Å². The Morgan fingerprint density at radius 1 is 1.25 bits per heavy atom. The molecule has 1 aliphatic heterocycles. The fourth-order valence-electron chi connectivity index (χ4n) is 3.04. The molecule has 1 amide bonds. The molecule has 2 N–H and O–H groups in total. The molecule has 0 bridgehead atoms. The van der Waals surface area contributed by atoms with Gasteiger partial charge in [-0.1, -0.05) is 24.3 Å². The second-order valence-corrected chi connectivity index (χ2v) is 5.38. The van der Waals surface area contributed by atoms with Crippen molar-refractivity contribution in [3.05, 3.63) is 35.4 Å². The molecule has 1 fully saturated rings. The topological polar surface area (TPSA) is 75.6 Å². The van der Waals surface area contributed by atoms with Gasteiger partial charge in [0.1, 0.15) is 0 Å². The molecule has 1 aromatic carbocycles. The van der Waals surface area contributed by atoms with Crippen molar-refractivity contribution >= 4 is 11.9 Å². The normalized spacial score (nSPS) is 28.1. The number of hydrogen-bond acceptors (Lipinski definition) is 3. The van der Waals surface area contributed by atoms with Crippen LogP contribution in [-0.4, -0.2) is 30.2 Å². The van der Waals surface area contributed by atoms with E-state index >= 15 is 0 Å². The Morgan fingerprint density at radius 3 is 2.65 bits per heavy atom. The lowest BCUT2D eigenvalue weighted by Crippen LogP contribution is -2.33. The summed E-state index contributed by atoms with van der Waals surface area (Å²) in [6.45, 7) is 1.08. The van der Waals surface area contributed by atoms with Crippen LogP contribution in [0.25, 0.3) is 0 Å². The van der Waals surface area contributed by atoms with E-state index in [9.17, 15) is 14.7 Å². The molecule has 3 rings (SSSR count). The van der Waals surface area contributed by atoms with Crippen molar-refractivity contribution in [2.45, 2.75) is 24.8 Å². The second kappa shape index (κ2) is 5.25. The van der Waals surface area contributed by atoms with E-state index in [2.05, 4.69) is 5.32 Å². The molecular formula is C15H17NO4. The number of carboxylic acids is 1. The van der Waals surface area contributed by atoms with Crippen LogP contribution in [-0.2, 0) is 14.3 Å². The predicted molar refractivity (Wildman–Crippen MR) is 71.2 cm³/mol. The summed E-state index contributed by atoms with van der Waals surface area (Å²) in [6, 6.07) is 7.23. The quantitative estimate of drug-likeness (QED) is 0.875. The van der Waals surface area contributed by atoms with Crippen molar-refractivity contribution in [2.75, 3.05) is 13.2 Å². The number of nitrogens with one attached hydrogen (secondary N) is 1. The van der Waals surface area contributed by atoms with Gasteiger partial charge in [-0.3, -0.25) is 9.59 Å². The van der Waals surface area contributed by atoms with Gasteiger partial charge in [-0.2, -0.15) is 0 Å². The third-order valence-corrected chi connectivity index (χ3v) is 4.13. The Balaban J connectivity index is 1.78. The number of carbonyl (C=O) groups is 2. The van der Waals surface area contributed by atoms with E-state index in [1.807, 2.05) is 24.3 Å². The first-order chi connectivity index (χ1) is 9.66. The van der Waals surface area contributed by atoms with Crippen LogP contribution < -0.4 is 5.32 Å². The molecule has 5 heteroatoms. The van der Waals surface area contributed by atoms with E-state index in [0.29, 0.717) is 19.6 Å². The minimum Gasteiger partial charge on any atom is -0.481 e. The zero-order chi connectivity index (χ0) is 14.1. The summed E-state index contributed by atoms with van der Waals surface area (Å²) in [5.41, 5.74) is 1.74. The summed E-state index contributed by atoms with van der Waals surface area (Å²) in [7, 11) is 0. The lowest BCUT2D eigenvalue weighted by Gasteiger charge is -2.16. The van der Waals surface area contributed by atoms with Gasteiger partial charge in [0.2, 0.25) is 5.91 Å². The van der Waals surface area contributed by atoms with Gasteiger partial charge in [0.05, 0.1) is 24.5 Å². The number of benzene rings is 1. The zero-order valence-corrected chi connectivity index (χ0v) is 11.0. The average Bonchev–Trinajstić information content (AvgIpc) is 3.07. The largest absolute Gasteiger partial charge is 0.481 e. The lowest BCUT2D eigenvalue weighted by molar-refractivity contribution is -0.139. The molecule has 3 unspecified atom stereocenters. The van der Waals surface area contributed by atoms with Gasteiger partial charge in [0, 0.05) is 6.61 Å². The minimum atomic E-state index is -0.835. The highest BCUT2D eigenvalue weighted by atomic mass is 16.5. The van der Waals surface area contributed by atoms with Gasteiger partial charge in [-0.15, -0.1) is 0 Å². The Morgan fingerprint density at radius 2 is 2.00 bits per heavy atom. The lowest BCUT2D eigenvalue weighted by atomic mass is 10.0. The predicted octanol–water partition coefficient (Wildman–Crippen LogP) is 1.45. The summed E-state index contributed by atoms with van der Waals surface area (Å²) < 4.78 is 5.22. The number of rotatable bonds is 3. The van der Waals surface area contributed by atoms with Crippen LogP contribution >= 0.6 is 0 Å². The fraction of sp³-hybridized carbons (Fsp3) is 0.467. The third kappa shape index (κ3) is 2.29. The van der Waals surface area contributed by atoms with E-state index in [-0.39, 0.29) is 17.9 Å². The molecule has 0 spiro atoms. The standard InChI is InChI=1S/C15H17NO4/c17-14(9-5-6-20-8-9)16-13-7-12(15(18)19)10-3-1-2-4-11(10)13/h1-4,9,12-13H,5-8H2,(H,16,17)(H,18,19). The Labute approximate surface area is 116 Å². The van der Waals surface area contributed by atoms with Crippen molar-refractivity contribution in [3.8, 4) is 0 Å². The molecule has 1 aromatic rings. The highest BCUT2D eigenvalue weighted by Gasteiger charge is 2.37. The number of aliphatic carboxylic acids is 1. The first-order valence-corrected chi connectivity index (χ1v) is 6.86. The van der Waals surface area contributed by atoms with Gasteiger partial charge in [-0.25, -0.2) is 0 Å².